The number of ether oxygens (including phenoxy) is 2. The van der Waals surface area contributed by atoms with E-state index in [9.17, 15) is 14.4 Å². The van der Waals surface area contributed by atoms with Gasteiger partial charge >= 0.3 is 5.97 Å². The van der Waals surface area contributed by atoms with Gasteiger partial charge in [-0.2, -0.15) is 0 Å². The molecule has 3 aromatic rings. The fraction of sp³-hybridized carbons (Fsp3) is 0.0952. The van der Waals surface area contributed by atoms with Gasteiger partial charge in [0, 0.05) is 11.8 Å². The molecule has 7 heteroatoms. The van der Waals surface area contributed by atoms with Gasteiger partial charge < -0.3 is 19.8 Å². The second-order valence-corrected chi connectivity index (χ2v) is 5.89. The van der Waals surface area contributed by atoms with Gasteiger partial charge in [0.25, 0.3) is 5.91 Å². The molecule has 0 fully saturated rings. The first-order valence-corrected chi connectivity index (χ1v) is 8.51. The standard InChI is InChI=1S/C21H18N2O5/c1-14(24)15-11-18(22-12-15)21(26)27-13-20(25)23-17-9-5-6-10-19(17)28-16-7-3-2-4-8-16/h2-12,22H,13H2,1H3,(H,23,25). The molecule has 7 nitrogen and oxygen atoms in total. The highest BCUT2D eigenvalue weighted by Gasteiger charge is 2.15. The van der Waals surface area contributed by atoms with E-state index < -0.39 is 18.5 Å². The van der Waals surface area contributed by atoms with Crippen molar-refractivity contribution in [3.63, 3.8) is 0 Å². The molecule has 3 rings (SSSR count). The van der Waals surface area contributed by atoms with Gasteiger partial charge in [-0.15, -0.1) is 0 Å². The predicted octanol–water partition coefficient (Wildman–Crippen LogP) is 3.81. The first kappa shape index (κ1) is 18.9. The monoisotopic (exact) mass is 378 g/mol. The van der Waals surface area contributed by atoms with E-state index in [4.69, 9.17) is 9.47 Å². The van der Waals surface area contributed by atoms with E-state index in [0.29, 0.717) is 22.7 Å². The molecule has 1 heterocycles. The summed E-state index contributed by atoms with van der Waals surface area (Å²) in [7, 11) is 0. The molecule has 0 saturated heterocycles. The number of rotatable bonds is 7. The van der Waals surface area contributed by atoms with E-state index >= 15 is 0 Å². The Morgan fingerprint density at radius 1 is 1.00 bits per heavy atom. The predicted molar refractivity (Wildman–Crippen MR) is 103 cm³/mol. The summed E-state index contributed by atoms with van der Waals surface area (Å²) in [4.78, 5) is 38.0. The fourth-order valence-corrected chi connectivity index (χ4v) is 2.38. The number of aromatic nitrogens is 1. The van der Waals surface area contributed by atoms with Gasteiger partial charge in [0.2, 0.25) is 0 Å². The summed E-state index contributed by atoms with van der Waals surface area (Å²) < 4.78 is 10.8. The fourth-order valence-electron chi connectivity index (χ4n) is 2.38. The number of anilines is 1. The molecule has 0 aliphatic heterocycles. The number of H-pyrrole nitrogens is 1. The van der Waals surface area contributed by atoms with E-state index in [-0.39, 0.29) is 11.5 Å². The van der Waals surface area contributed by atoms with E-state index in [0.717, 1.165) is 0 Å². The molecule has 0 bridgehead atoms. The molecular weight excluding hydrogens is 360 g/mol. The molecule has 2 N–H and O–H groups in total. The van der Waals surface area contributed by atoms with Crippen molar-refractivity contribution in [2.75, 3.05) is 11.9 Å². The average Bonchev–Trinajstić information content (AvgIpc) is 3.19. The van der Waals surface area contributed by atoms with Gasteiger partial charge in [0.1, 0.15) is 11.4 Å². The number of benzene rings is 2. The third kappa shape index (κ3) is 4.85. The van der Waals surface area contributed by atoms with Crippen LogP contribution >= 0.6 is 0 Å². The summed E-state index contributed by atoms with van der Waals surface area (Å²) in [5.41, 5.74) is 0.917. The van der Waals surface area contributed by atoms with E-state index in [1.165, 1.54) is 19.2 Å². The molecule has 0 aliphatic rings. The summed E-state index contributed by atoms with van der Waals surface area (Å²) in [6.07, 6.45) is 1.41. The first-order valence-electron chi connectivity index (χ1n) is 8.51. The molecule has 0 aliphatic carbocycles. The molecule has 2 aromatic carbocycles. The third-order valence-corrected chi connectivity index (χ3v) is 3.78. The van der Waals surface area contributed by atoms with Gasteiger partial charge in [0.05, 0.1) is 5.69 Å². The normalized spacial score (nSPS) is 10.2. The van der Waals surface area contributed by atoms with Crippen molar-refractivity contribution in [3.05, 3.63) is 78.1 Å². The molecule has 1 aromatic heterocycles. The minimum Gasteiger partial charge on any atom is -0.455 e. The molecule has 142 valence electrons. The largest absolute Gasteiger partial charge is 0.455 e. The molecule has 1 amide bonds. The lowest BCUT2D eigenvalue weighted by atomic mass is 10.2. The van der Waals surface area contributed by atoms with Gasteiger partial charge in [0.15, 0.2) is 18.1 Å². The smallest absolute Gasteiger partial charge is 0.355 e. The van der Waals surface area contributed by atoms with Crippen LogP contribution < -0.4 is 10.1 Å². The van der Waals surface area contributed by atoms with E-state index in [1.807, 2.05) is 18.2 Å². The highest BCUT2D eigenvalue weighted by molar-refractivity contribution is 5.99. The van der Waals surface area contributed by atoms with Crippen LogP contribution in [0.2, 0.25) is 0 Å². The third-order valence-electron chi connectivity index (χ3n) is 3.78. The van der Waals surface area contributed by atoms with Crippen LogP contribution in [-0.4, -0.2) is 29.3 Å². The van der Waals surface area contributed by atoms with Crippen LogP contribution in [-0.2, 0) is 9.53 Å². The highest BCUT2D eigenvalue weighted by atomic mass is 16.5. The Balaban J connectivity index is 1.59. The van der Waals surface area contributed by atoms with Crippen molar-refractivity contribution in [3.8, 4) is 11.5 Å². The molecular formula is C21H18N2O5. The number of aromatic amines is 1. The molecule has 0 spiro atoms. The van der Waals surface area contributed by atoms with Crippen LogP contribution in [0.5, 0.6) is 11.5 Å². The highest BCUT2D eigenvalue weighted by Crippen LogP contribution is 2.29. The lowest BCUT2D eigenvalue weighted by Gasteiger charge is -2.12. The van der Waals surface area contributed by atoms with Crippen molar-refractivity contribution in [1.29, 1.82) is 0 Å². The summed E-state index contributed by atoms with van der Waals surface area (Å²) >= 11 is 0. The zero-order chi connectivity index (χ0) is 19.9. The maximum Gasteiger partial charge on any atom is 0.355 e. The Bertz CT molecular complexity index is 995. The number of ketones is 1. The number of nitrogens with one attached hydrogen (secondary N) is 2. The van der Waals surface area contributed by atoms with Crippen molar-refractivity contribution in [1.82, 2.24) is 4.98 Å². The second kappa shape index (κ2) is 8.68. The number of carbonyl (C=O) groups is 3. The van der Waals surface area contributed by atoms with Crippen molar-refractivity contribution in [2.45, 2.75) is 6.92 Å². The molecule has 0 saturated carbocycles. The summed E-state index contributed by atoms with van der Waals surface area (Å²) in [5.74, 6) is -0.331. The minimum absolute atomic E-state index is 0.103. The Morgan fingerprint density at radius 2 is 1.71 bits per heavy atom. The Hall–Kier alpha value is -3.87. The van der Waals surface area contributed by atoms with Crippen LogP contribution in [0.4, 0.5) is 5.69 Å². The number of amides is 1. The molecule has 0 atom stereocenters. The summed E-state index contributed by atoms with van der Waals surface area (Å²) in [5, 5.41) is 2.66. The van der Waals surface area contributed by atoms with Crippen molar-refractivity contribution < 1.29 is 23.9 Å². The van der Waals surface area contributed by atoms with Gasteiger partial charge in [-0.3, -0.25) is 9.59 Å². The maximum absolute atomic E-state index is 12.2. The van der Waals surface area contributed by atoms with E-state index in [1.54, 1.807) is 36.4 Å². The number of Topliss-reactive ketones (excluding diaryl/α,β-unsaturated/α-hetero) is 1. The lowest BCUT2D eigenvalue weighted by Crippen LogP contribution is -2.21. The number of para-hydroxylation sites is 3. The summed E-state index contributed by atoms with van der Waals surface area (Å²) in [6, 6.07) is 17.5. The topological polar surface area (TPSA) is 97.5 Å². The van der Waals surface area contributed by atoms with Crippen LogP contribution in [0, 0.1) is 0 Å². The van der Waals surface area contributed by atoms with Crippen LogP contribution in [0.3, 0.4) is 0 Å². The number of hydrogen-bond acceptors (Lipinski definition) is 5. The number of carbonyl (C=O) groups excluding carboxylic acids is 3. The van der Waals surface area contributed by atoms with E-state index in [2.05, 4.69) is 10.3 Å². The lowest BCUT2D eigenvalue weighted by molar-refractivity contribution is -0.119. The van der Waals surface area contributed by atoms with Crippen molar-refractivity contribution >= 4 is 23.3 Å². The second-order valence-electron chi connectivity index (χ2n) is 5.89. The molecule has 0 radical (unpaired) electrons. The SMILES string of the molecule is CC(=O)c1c[nH]c(C(=O)OCC(=O)Nc2ccccc2Oc2ccccc2)c1. The number of hydrogen-bond donors (Lipinski definition) is 2. The molecule has 0 unspecified atom stereocenters. The zero-order valence-corrected chi connectivity index (χ0v) is 15.1. The number of esters is 1. The van der Waals surface area contributed by atoms with Crippen LogP contribution in [0.15, 0.2) is 66.9 Å². The maximum atomic E-state index is 12.2. The van der Waals surface area contributed by atoms with Crippen LogP contribution in [0.25, 0.3) is 0 Å². The average molecular weight is 378 g/mol. The Morgan fingerprint density at radius 3 is 2.43 bits per heavy atom. The van der Waals surface area contributed by atoms with Crippen molar-refractivity contribution in [2.24, 2.45) is 0 Å². The molecule has 28 heavy (non-hydrogen) atoms. The Labute approximate surface area is 161 Å². The van der Waals surface area contributed by atoms with Crippen LogP contribution in [0.1, 0.15) is 27.8 Å². The van der Waals surface area contributed by atoms with Gasteiger partial charge in [-0.1, -0.05) is 30.3 Å². The minimum atomic E-state index is -0.725. The van der Waals surface area contributed by atoms with Gasteiger partial charge in [-0.25, -0.2) is 4.79 Å². The first-order chi connectivity index (χ1) is 13.5. The quantitative estimate of drug-likeness (QED) is 0.481. The summed E-state index contributed by atoms with van der Waals surface area (Å²) in [6.45, 7) is 0.910. The zero-order valence-electron chi connectivity index (χ0n) is 15.1. The Kier molecular flexibility index (Phi) is 5.86. The van der Waals surface area contributed by atoms with Gasteiger partial charge in [-0.05, 0) is 37.3 Å².